The van der Waals surface area contributed by atoms with Gasteiger partial charge in [-0.2, -0.15) is 0 Å². The van der Waals surface area contributed by atoms with Gasteiger partial charge in [0.05, 0.1) is 6.61 Å². The maximum atomic E-state index is 11.8. The van der Waals surface area contributed by atoms with E-state index >= 15 is 0 Å². The largest absolute Gasteiger partial charge is 0.465 e. The summed E-state index contributed by atoms with van der Waals surface area (Å²) in [6, 6.07) is 0. The van der Waals surface area contributed by atoms with E-state index in [-0.39, 0.29) is 25.1 Å². The molecular formula is C17H27O3. The third kappa shape index (κ3) is 3.03. The first-order chi connectivity index (χ1) is 9.58. The molecule has 0 heterocycles. The molecule has 0 aliphatic heterocycles. The van der Waals surface area contributed by atoms with Crippen LogP contribution in [-0.4, -0.2) is 24.3 Å². The maximum absolute atomic E-state index is 11.8. The Morgan fingerprint density at radius 2 is 1.75 bits per heavy atom. The number of ether oxygens (including phenoxy) is 1. The minimum absolute atomic E-state index is 0.0255. The van der Waals surface area contributed by atoms with Crippen molar-refractivity contribution in [2.45, 2.75) is 51.4 Å². The van der Waals surface area contributed by atoms with E-state index in [9.17, 15) is 4.79 Å². The van der Waals surface area contributed by atoms with Crippen LogP contribution < -0.4 is 0 Å². The molecule has 1 N–H and O–H groups in total. The Morgan fingerprint density at radius 3 is 2.25 bits per heavy atom. The Bertz CT molecular complexity index is 328. The normalized spacial score (nSPS) is 39.8. The fraction of sp³-hybridized carbons (Fsp3) is 0.882. The van der Waals surface area contributed by atoms with Crippen molar-refractivity contribution in [2.24, 2.45) is 29.1 Å². The van der Waals surface area contributed by atoms with Crippen LogP contribution in [0.2, 0.25) is 0 Å². The van der Waals surface area contributed by atoms with E-state index in [0.29, 0.717) is 11.8 Å². The van der Waals surface area contributed by atoms with Gasteiger partial charge in [0.2, 0.25) is 0 Å². The first kappa shape index (κ1) is 14.4. The standard InChI is InChI=1S/C17H27O3/c1-12(10-18)11-20-16(19)2-3-17-7-13-4-14(8-17)6-15(5-13)9-17/h12-15,18H,1-11H2. The van der Waals surface area contributed by atoms with Crippen LogP contribution in [0, 0.1) is 36.0 Å². The number of carbonyl (C=O) groups is 1. The number of esters is 1. The molecule has 3 heteroatoms. The maximum Gasteiger partial charge on any atom is 0.305 e. The second kappa shape index (κ2) is 5.67. The van der Waals surface area contributed by atoms with Crippen LogP contribution in [0.15, 0.2) is 0 Å². The van der Waals surface area contributed by atoms with Gasteiger partial charge < -0.3 is 9.84 Å². The van der Waals surface area contributed by atoms with E-state index in [4.69, 9.17) is 9.84 Å². The third-order valence-corrected chi connectivity index (χ3v) is 5.76. The molecule has 4 rings (SSSR count). The molecular weight excluding hydrogens is 252 g/mol. The third-order valence-electron chi connectivity index (χ3n) is 5.76. The summed E-state index contributed by atoms with van der Waals surface area (Å²) in [5.41, 5.74) is 0.453. The number of aliphatic hydroxyl groups is 1. The summed E-state index contributed by atoms with van der Waals surface area (Å²) in [6.07, 6.45) is 9.94. The smallest absolute Gasteiger partial charge is 0.305 e. The van der Waals surface area contributed by atoms with E-state index in [1.807, 2.05) is 0 Å². The number of aliphatic hydroxyl groups excluding tert-OH is 1. The molecule has 4 aliphatic rings. The van der Waals surface area contributed by atoms with Gasteiger partial charge in [-0.25, -0.2) is 0 Å². The highest BCUT2D eigenvalue weighted by atomic mass is 16.5. The molecule has 0 spiro atoms. The first-order valence-electron chi connectivity index (χ1n) is 8.18. The fourth-order valence-corrected chi connectivity index (χ4v) is 5.30. The predicted molar refractivity (Wildman–Crippen MR) is 76.7 cm³/mol. The zero-order valence-corrected chi connectivity index (χ0v) is 12.4. The second-order valence-electron chi connectivity index (χ2n) is 7.65. The van der Waals surface area contributed by atoms with Crippen molar-refractivity contribution in [1.29, 1.82) is 0 Å². The molecule has 1 atom stereocenters. The van der Waals surface area contributed by atoms with Crippen molar-refractivity contribution >= 4 is 5.97 Å². The Labute approximate surface area is 122 Å². The SMILES string of the molecule is [CH2]C(CO)COC(=O)CCC12CC3CC(CC(C3)C1)C2. The van der Waals surface area contributed by atoms with E-state index in [1.54, 1.807) is 0 Å². The van der Waals surface area contributed by atoms with Gasteiger partial charge in [-0.3, -0.25) is 4.79 Å². The Balaban J connectivity index is 1.47. The molecule has 3 nitrogen and oxygen atoms in total. The number of hydrogen-bond acceptors (Lipinski definition) is 3. The van der Waals surface area contributed by atoms with Crippen LogP contribution in [0.3, 0.4) is 0 Å². The second-order valence-corrected chi connectivity index (χ2v) is 7.65. The van der Waals surface area contributed by atoms with Gasteiger partial charge >= 0.3 is 5.97 Å². The van der Waals surface area contributed by atoms with Crippen molar-refractivity contribution in [3.05, 3.63) is 6.92 Å². The molecule has 113 valence electrons. The molecule has 4 fully saturated rings. The molecule has 4 saturated carbocycles. The predicted octanol–water partition coefficient (Wildman–Crippen LogP) is 2.97. The van der Waals surface area contributed by atoms with Crippen LogP contribution in [0.5, 0.6) is 0 Å². The van der Waals surface area contributed by atoms with Crippen molar-refractivity contribution < 1.29 is 14.6 Å². The van der Waals surface area contributed by atoms with Crippen molar-refractivity contribution in [3.8, 4) is 0 Å². The summed E-state index contributed by atoms with van der Waals surface area (Å²) >= 11 is 0. The first-order valence-corrected chi connectivity index (χ1v) is 8.18. The van der Waals surface area contributed by atoms with Gasteiger partial charge in [0.15, 0.2) is 0 Å². The van der Waals surface area contributed by atoms with Crippen molar-refractivity contribution in [2.75, 3.05) is 13.2 Å². The average Bonchev–Trinajstić information content (AvgIpc) is 2.41. The Hall–Kier alpha value is -0.570. The van der Waals surface area contributed by atoms with E-state index in [2.05, 4.69) is 6.92 Å². The monoisotopic (exact) mass is 279 g/mol. The van der Waals surface area contributed by atoms with E-state index < -0.39 is 0 Å². The molecule has 4 bridgehead atoms. The van der Waals surface area contributed by atoms with Crippen LogP contribution >= 0.6 is 0 Å². The topological polar surface area (TPSA) is 46.5 Å². The number of hydrogen-bond donors (Lipinski definition) is 1. The lowest BCUT2D eigenvalue weighted by atomic mass is 9.48. The summed E-state index contributed by atoms with van der Waals surface area (Å²) in [5, 5.41) is 8.88. The Morgan fingerprint density at radius 1 is 1.20 bits per heavy atom. The minimum Gasteiger partial charge on any atom is -0.465 e. The highest BCUT2D eigenvalue weighted by Gasteiger charge is 2.50. The molecule has 0 aromatic heterocycles. The summed E-state index contributed by atoms with van der Waals surface area (Å²) in [5.74, 6) is 2.52. The summed E-state index contributed by atoms with van der Waals surface area (Å²) in [4.78, 5) is 11.8. The summed E-state index contributed by atoms with van der Waals surface area (Å²) < 4.78 is 5.20. The lowest BCUT2D eigenvalue weighted by molar-refractivity contribution is -0.147. The lowest BCUT2D eigenvalue weighted by Crippen LogP contribution is -2.46. The molecule has 1 unspecified atom stereocenters. The van der Waals surface area contributed by atoms with Crippen LogP contribution in [0.1, 0.15) is 51.4 Å². The molecule has 0 aromatic carbocycles. The average molecular weight is 279 g/mol. The van der Waals surface area contributed by atoms with Gasteiger partial charge in [0, 0.05) is 18.9 Å². The quantitative estimate of drug-likeness (QED) is 0.760. The Kier molecular flexibility index (Phi) is 4.07. The molecule has 4 aliphatic carbocycles. The fourth-order valence-electron chi connectivity index (χ4n) is 5.30. The van der Waals surface area contributed by atoms with Crippen LogP contribution in [-0.2, 0) is 9.53 Å². The zero-order chi connectivity index (χ0) is 14.2. The van der Waals surface area contributed by atoms with Gasteiger partial charge in [0.25, 0.3) is 0 Å². The van der Waals surface area contributed by atoms with Crippen molar-refractivity contribution in [3.63, 3.8) is 0 Å². The van der Waals surface area contributed by atoms with Gasteiger partial charge in [-0.05, 0) is 75.0 Å². The van der Waals surface area contributed by atoms with Gasteiger partial charge in [0.1, 0.15) is 0 Å². The van der Waals surface area contributed by atoms with E-state index in [1.165, 1.54) is 38.5 Å². The number of rotatable bonds is 6. The van der Waals surface area contributed by atoms with Crippen molar-refractivity contribution in [1.82, 2.24) is 0 Å². The summed E-state index contributed by atoms with van der Waals surface area (Å²) in [7, 11) is 0. The van der Waals surface area contributed by atoms with Crippen LogP contribution in [0.4, 0.5) is 0 Å². The number of carbonyl (C=O) groups excluding carboxylic acids is 1. The summed E-state index contributed by atoms with van der Waals surface area (Å²) in [6.45, 7) is 3.94. The zero-order valence-electron chi connectivity index (χ0n) is 12.4. The molecule has 1 radical (unpaired) electrons. The van der Waals surface area contributed by atoms with E-state index in [0.717, 1.165) is 24.2 Å². The highest BCUT2D eigenvalue weighted by molar-refractivity contribution is 5.69. The van der Waals surface area contributed by atoms with Gasteiger partial charge in [-0.1, -0.05) is 0 Å². The minimum atomic E-state index is -0.196. The molecule has 0 saturated heterocycles. The highest BCUT2D eigenvalue weighted by Crippen LogP contribution is 2.61. The lowest BCUT2D eigenvalue weighted by Gasteiger charge is -2.57. The molecule has 0 amide bonds. The van der Waals surface area contributed by atoms with Gasteiger partial charge in [-0.15, -0.1) is 0 Å². The molecule has 20 heavy (non-hydrogen) atoms. The van der Waals surface area contributed by atoms with Crippen LogP contribution in [0.25, 0.3) is 0 Å². The molecule has 0 aromatic rings.